The second-order valence-corrected chi connectivity index (χ2v) is 5.18. The van der Waals surface area contributed by atoms with Crippen LogP contribution in [0.25, 0.3) is 0 Å². The first-order chi connectivity index (χ1) is 9.10. The molecular weight excluding hydrogens is 256 g/mol. The van der Waals surface area contributed by atoms with Crippen molar-refractivity contribution in [3.63, 3.8) is 0 Å². The number of benzene rings is 1. The molecule has 0 spiro atoms. The molecule has 4 heteroatoms. The standard InChI is InChI=1S/C15H24N2OS/c1-4-12(2)17(9-10-18-3)11-13-7-5-6-8-14(13)15(16)19/h5-8,12H,4,9-11H2,1-3H3,(H2,16,19). The highest BCUT2D eigenvalue weighted by molar-refractivity contribution is 7.80. The Hall–Kier alpha value is -0.970. The van der Waals surface area contributed by atoms with Crippen LogP contribution >= 0.6 is 12.2 Å². The van der Waals surface area contributed by atoms with E-state index in [-0.39, 0.29) is 0 Å². The van der Waals surface area contributed by atoms with Gasteiger partial charge in [0.1, 0.15) is 4.99 Å². The Morgan fingerprint density at radius 2 is 2.11 bits per heavy atom. The molecule has 1 unspecified atom stereocenters. The molecular formula is C15H24N2OS. The normalized spacial score (nSPS) is 12.6. The lowest BCUT2D eigenvalue weighted by atomic mass is 10.1. The molecule has 1 atom stereocenters. The molecule has 3 nitrogen and oxygen atoms in total. The Kier molecular flexibility index (Phi) is 6.99. The number of ether oxygens (including phenoxy) is 1. The van der Waals surface area contributed by atoms with Crippen LogP contribution in [-0.4, -0.2) is 36.2 Å². The van der Waals surface area contributed by atoms with Crippen molar-refractivity contribution in [2.24, 2.45) is 5.73 Å². The van der Waals surface area contributed by atoms with Gasteiger partial charge in [0.2, 0.25) is 0 Å². The zero-order valence-corrected chi connectivity index (χ0v) is 12.9. The highest BCUT2D eigenvalue weighted by Crippen LogP contribution is 2.15. The topological polar surface area (TPSA) is 38.5 Å². The Morgan fingerprint density at radius 1 is 1.42 bits per heavy atom. The van der Waals surface area contributed by atoms with Gasteiger partial charge in [-0.25, -0.2) is 0 Å². The molecule has 0 bridgehead atoms. The fourth-order valence-corrected chi connectivity index (χ4v) is 2.24. The van der Waals surface area contributed by atoms with Crippen molar-refractivity contribution >= 4 is 17.2 Å². The molecule has 0 saturated carbocycles. The van der Waals surface area contributed by atoms with Crippen molar-refractivity contribution in [1.82, 2.24) is 4.90 Å². The lowest BCUT2D eigenvalue weighted by molar-refractivity contribution is 0.118. The van der Waals surface area contributed by atoms with Gasteiger partial charge in [0.25, 0.3) is 0 Å². The van der Waals surface area contributed by atoms with Crippen LogP contribution in [0.15, 0.2) is 24.3 Å². The van der Waals surface area contributed by atoms with Gasteiger partial charge in [-0.1, -0.05) is 43.4 Å². The Morgan fingerprint density at radius 3 is 2.68 bits per heavy atom. The average Bonchev–Trinajstić information content (AvgIpc) is 2.42. The third-order valence-electron chi connectivity index (χ3n) is 3.45. The van der Waals surface area contributed by atoms with Crippen LogP contribution < -0.4 is 5.73 Å². The maximum absolute atomic E-state index is 5.79. The molecule has 1 aromatic rings. The molecule has 0 saturated heterocycles. The van der Waals surface area contributed by atoms with Gasteiger partial charge in [-0.15, -0.1) is 0 Å². The number of thiocarbonyl (C=S) groups is 1. The Bertz CT molecular complexity index is 409. The number of hydrogen-bond donors (Lipinski definition) is 1. The number of nitrogens with two attached hydrogens (primary N) is 1. The lowest BCUT2D eigenvalue weighted by Gasteiger charge is -2.29. The smallest absolute Gasteiger partial charge is 0.104 e. The predicted molar refractivity (Wildman–Crippen MR) is 84.4 cm³/mol. The average molecular weight is 280 g/mol. The van der Waals surface area contributed by atoms with E-state index in [9.17, 15) is 0 Å². The summed E-state index contributed by atoms with van der Waals surface area (Å²) >= 11 is 5.12. The second-order valence-electron chi connectivity index (χ2n) is 4.74. The van der Waals surface area contributed by atoms with E-state index in [1.165, 1.54) is 5.56 Å². The first kappa shape index (κ1) is 16.1. The van der Waals surface area contributed by atoms with Gasteiger partial charge in [0, 0.05) is 31.8 Å². The van der Waals surface area contributed by atoms with Gasteiger partial charge in [-0.05, 0) is 18.9 Å². The summed E-state index contributed by atoms with van der Waals surface area (Å²) in [5.41, 5.74) is 7.95. The van der Waals surface area contributed by atoms with Gasteiger partial charge in [-0.3, -0.25) is 4.90 Å². The summed E-state index contributed by atoms with van der Waals surface area (Å²) in [6.45, 7) is 6.94. The summed E-state index contributed by atoms with van der Waals surface area (Å²) in [4.78, 5) is 2.87. The number of hydrogen-bond acceptors (Lipinski definition) is 3. The van der Waals surface area contributed by atoms with Gasteiger partial charge >= 0.3 is 0 Å². The first-order valence-corrected chi connectivity index (χ1v) is 7.11. The zero-order valence-electron chi connectivity index (χ0n) is 12.1. The van der Waals surface area contributed by atoms with E-state index in [2.05, 4.69) is 24.8 Å². The van der Waals surface area contributed by atoms with E-state index >= 15 is 0 Å². The molecule has 2 N–H and O–H groups in total. The monoisotopic (exact) mass is 280 g/mol. The van der Waals surface area contributed by atoms with E-state index in [1.807, 2.05) is 18.2 Å². The molecule has 106 valence electrons. The summed E-state index contributed by atoms with van der Waals surface area (Å²) in [6.07, 6.45) is 1.11. The van der Waals surface area contributed by atoms with E-state index in [4.69, 9.17) is 22.7 Å². The summed E-state index contributed by atoms with van der Waals surface area (Å²) < 4.78 is 5.19. The molecule has 0 radical (unpaired) electrons. The third-order valence-corrected chi connectivity index (χ3v) is 3.67. The molecule has 0 aliphatic carbocycles. The van der Waals surface area contributed by atoms with E-state index in [0.717, 1.165) is 31.7 Å². The van der Waals surface area contributed by atoms with Crippen molar-refractivity contribution in [3.05, 3.63) is 35.4 Å². The summed E-state index contributed by atoms with van der Waals surface area (Å²) in [5.74, 6) is 0. The molecule has 0 aromatic heterocycles. The maximum atomic E-state index is 5.79. The van der Waals surface area contributed by atoms with Crippen molar-refractivity contribution in [1.29, 1.82) is 0 Å². The van der Waals surface area contributed by atoms with Crippen LogP contribution in [0, 0.1) is 0 Å². The van der Waals surface area contributed by atoms with Gasteiger partial charge in [0.15, 0.2) is 0 Å². The van der Waals surface area contributed by atoms with Crippen LogP contribution in [0.1, 0.15) is 31.4 Å². The highest BCUT2D eigenvalue weighted by atomic mass is 32.1. The molecule has 0 aliphatic heterocycles. The maximum Gasteiger partial charge on any atom is 0.104 e. The molecule has 0 heterocycles. The fourth-order valence-electron chi connectivity index (χ4n) is 2.04. The quantitative estimate of drug-likeness (QED) is 0.743. The first-order valence-electron chi connectivity index (χ1n) is 6.70. The molecule has 0 amide bonds. The molecule has 0 fully saturated rings. The summed E-state index contributed by atoms with van der Waals surface area (Å²) in [7, 11) is 1.73. The van der Waals surface area contributed by atoms with Gasteiger partial charge in [0.05, 0.1) is 6.61 Å². The Labute approximate surface area is 121 Å². The van der Waals surface area contributed by atoms with Crippen molar-refractivity contribution in [2.45, 2.75) is 32.9 Å². The number of rotatable bonds is 8. The zero-order chi connectivity index (χ0) is 14.3. The SMILES string of the molecule is CCC(C)N(CCOC)Cc1ccccc1C(N)=S. The summed E-state index contributed by atoms with van der Waals surface area (Å²) in [5, 5.41) is 0. The highest BCUT2D eigenvalue weighted by Gasteiger charge is 2.14. The second kappa shape index (κ2) is 8.25. The molecule has 1 aromatic carbocycles. The summed E-state index contributed by atoms with van der Waals surface area (Å²) in [6, 6.07) is 8.59. The van der Waals surface area contributed by atoms with Crippen LogP contribution in [0.4, 0.5) is 0 Å². The minimum Gasteiger partial charge on any atom is -0.389 e. The van der Waals surface area contributed by atoms with Crippen molar-refractivity contribution in [3.8, 4) is 0 Å². The molecule has 0 aliphatic rings. The molecule has 1 rings (SSSR count). The van der Waals surface area contributed by atoms with E-state index in [0.29, 0.717) is 11.0 Å². The van der Waals surface area contributed by atoms with Crippen LogP contribution in [0.3, 0.4) is 0 Å². The van der Waals surface area contributed by atoms with Crippen molar-refractivity contribution in [2.75, 3.05) is 20.3 Å². The van der Waals surface area contributed by atoms with Crippen LogP contribution in [-0.2, 0) is 11.3 Å². The Balaban J connectivity index is 2.86. The van der Waals surface area contributed by atoms with Gasteiger partial charge in [-0.2, -0.15) is 0 Å². The van der Waals surface area contributed by atoms with Crippen LogP contribution in [0.2, 0.25) is 0 Å². The lowest BCUT2D eigenvalue weighted by Crippen LogP contribution is -2.35. The largest absolute Gasteiger partial charge is 0.389 e. The van der Waals surface area contributed by atoms with Crippen molar-refractivity contribution < 1.29 is 4.74 Å². The van der Waals surface area contributed by atoms with Crippen LogP contribution in [0.5, 0.6) is 0 Å². The predicted octanol–water partition coefficient (Wildman–Crippen LogP) is 2.57. The third kappa shape index (κ3) is 4.90. The number of methoxy groups -OCH3 is 1. The molecule has 19 heavy (non-hydrogen) atoms. The number of nitrogens with zero attached hydrogens (tertiary/aromatic N) is 1. The minimum absolute atomic E-state index is 0.464. The van der Waals surface area contributed by atoms with E-state index in [1.54, 1.807) is 7.11 Å². The van der Waals surface area contributed by atoms with E-state index < -0.39 is 0 Å². The fraction of sp³-hybridized carbons (Fsp3) is 0.533. The van der Waals surface area contributed by atoms with Gasteiger partial charge < -0.3 is 10.5 Å². The minimum atomic E-state index is 0.464.